The van der Waals surface area contributed by atoms with Gasteiger partial charge in [-0.2, -0.15) is 0 Å². The van der Waals surface area contributed by atoms with E-state index in [4.69, 9.17) is 0 Å². The number of hydrogen-bond donors (Lipinski definition) is 0. The number of carbonyl (C=O) groups is 2. The van der Waals surface area contributed by atoms with E-state index in [9.17, 15) is 9.59 Å². The van der Waals surface area contributed by atoms with Gasteiger partial charge in [-0.05, 0) is 12.3 Å². The summed E-state index contributed by atoms with van der Waals surface area (Å²) in [6.07, 6.45) is 1.31. The van der Waals surface area contributed by atoms with Crippen LogP contribution in [0.5, 0.6) is 0 Å². The first kappa shape index (κ1) is 12.7. The smallest absolute Gasteiger partial charge is 0.434 e. The summed E-state index contributed by atoms with van der Waals surface area (Å²) in [5, 5.41) is 0. The minimum Gasteiger partial charge on any atom is -0.434 e. The van der Waals surface area contributed by atoms with Crippen LogP contribution in [0.1, 0.15) is 26.7 Å². The average molecular weight is 200 g/mol. The average Bonchev–Trinajstić information content (AvgIpc) is 2.11. The molecule has 14 heavy (non-hydrogen) atoms. The van der Waals surface area contributed by atoms with Gasteiger partial charge in [-0.1, -0.05) is 19.9 Å². The zero-order valence-corrected chi connectivity index (χ0v) is 8.62. The van der Waals surface area contributed by atoms with E-state index in [0.29, 0.717) is 6.42 Å². The molecule has 0 saturated heterocycles. The highest BCUT2D eigenvalue weighted by Gasteiger charge is 2.11. The number of hydrogen-bond acceptors (Lipinski definition) is 4. The molecule has 0 N–H and O–H groups in total. The number of carbonyl (C=O) groups excluding carboxylic acids is 2. The molecule has 0 aromatic heterocycles. The summed E-state index contributed by atoms with van der Waals surface area (Å²) in [5.41, 5.74) is 0. The highest BCUT2D eigenvalue weighted by atomic mass is 16.7. The molecule has 0 aliphatic rings. The van der Waals surface area contributed by atoms with Gasteiger partial charge in [0.15, 0.2) is 0 Å². The number of ether oxygens (including phenoxy) is 2. The van der Waals surface area contributed by atoms with Crippen molar-refractivity contribution >= 4 is 12.1 Å². The highest BCUT2D eigenvalue weighted by molar-refractivity contribution is 5.81. The Morgan fingerprint density at radius 2 is 2.07 bits per heavy atom. The molecule has 4 heteroatoms. The fraction of sp³-hybridized carbons (Fsp3) is 0.600. The van der Waals surface area contributed by atoms with E-state index in [1.165, 1.54) is 0 Å². The molecule has 0 rings (SSSR count). The second-order valence-corrected chi connectivity index (χ2v) is 3.26. The third-order valence-electron chi connectivity index (χ3n) is 1.28. The third kappa shape index (κ3) is 7.34. The summed E-state index contributed by atoms with van der Waals surface area (Å²) in [5.74, 6) is -0.357. The van der Waals surface area contributed by atoms with E-state index in [0.717, 1.165) is 0 Å². The summed E-state index contributed by atoms with van der Waals surface area (Å²) in [6.45, 7) is 7.50. The molecule has 0 saturated carbocycles. The molecular formula is C10H16O4. The Balaban J connectivity index is 3.60. The van der Waals surface area contributed by atoms with Crippen molar-refractivity contribution in [2.45, 2.75) is 26.7 Å². The SMILES string of the molecule is C=CCCC(=O)OC(=O)OCC(C)C. The van der Waals surface area contributed by atoms with Crippen molar-refractivity contribution < 1.29 is 19.1 Å². The van der Waals surface area contributed by atoms with Crippen molar-refractivity contribution in [3.8, 4) is 0 Å². The second kappa shape index (κ2) is 7.12. The molecule has 80 valence electrons. The Hall–Kier alpha value is -1.32. The fourth-order valence-corrected chi connectivity index (χ4v) is 0.628. The fourth-order valence-electron chi connectivity index (χ4n) is 0.628. The maximum Gasteiger partial charge on any atom is 0.516 e. The van der Waals surface area contributed by atoms with E-state index < -0.39 is 12.1 Å². The quantitative estimate of drug-likeness (QED) is 0.388. The molecular weight excluding hydrogens is 184 g/mol. The molecule has 0 spiro atoms. The van der Waals surface area contributed by atoms with Crippen molar-refractivity contribution in [1.29, 1.82) is 0 Å². The zero-order valence-electron chi connectivity index (χ0n) is 8.62. The maximum atomic E-state index is 10.9. The topological polar surface area (TPSA) is 52.6 Å². The van der Waals surface area contributed by atoms with E-state index in [1.807, 2.05) is 13.8 Å². The Bertz CT molecular complexity index is 208. The Morgan fingerprint density at radius 1 is 1.43 bits per heavy atom. The first-order chi connectivity index (χ1) is 6.56. The van der Waals surface area contributed by atoms with Crippen LogP contribution in [0.15, 0.2) is 12.7 Å². The molecule has 0 fully saturated rings. The molecule has 0 aromatic carbocycles. The van der Waals surface area contributed by atoms with Crippen LogP contribution in [0, 0.1) is 5.92 Å². The summed E-state index contributed by atoms with van der Waals surface area (Å²) in [7, 11) is 0. The van der Waals surface area contributed by atoms with Crippen molar-refractivity contribution in [3.63, 3.8) is 0 Å². The molecule has 4 nitrogen and oxygen atoms in total. The van der Waals surface area contributed by atoms with Gasteiger partial charge in [0.05, 0.1) is 6.61 Å². The normalized spacial score (nSPS) is 9.64. The summed E-state index contributed by atoms with van der Waals surface area (Å²) >= 11 is 0. The lowest BCUT2D eigenvalue weighted by atomic mass is 10.2. The Kier molecular flexibility index (Phi) is 6.45. The number of rotatable bonds is 5. The summed E-state index contributed by atoms with van der Waals surface area (Å²) in [6, 6.07) is 0. The Morgan fingerprint density at radius 3 is 2.57 bits per heavy atom. The standard InChI is InChI=1S/C10H16O4/c1-4-5-6-9(11)14-10(12)13-7-8(2)3/h4,8H,1,5-7H2,2-3H3. The lowest BCUT2D eigenvalue weighted by molar-refractivity contribution is -0.139. The molecule has 0 amide bonds. The van der Waals surface area contributed by atoms with E-state index in [-0.39, 0.29) is 18.9 Å². The van der Waals surface area contributed by atoms with Crippen LogP contribution >= 0.6 is 0 Å². The summed E-state index contributed by atoms with van der Waals surface area (Å²) < 4.78 is 9.00. The van der Waals surface area contributed by atoms with Crippen LogP contribution in [-0.2, 0) is 14.3 Å². The van der Waals surface area contributed by atoms with E-state index >= 15 is 0 Å². The molecule has 0 aliphatic carbocycles. The van der Waals surface area contributed by atoms with Crippen molar-refractivity contribution in [3.05, 3.63) is 12.7 Å². The second-order valence-electron chi connectivity index (χ2n) is 3.26. The summed E-state index contributed by atoms with van der Waals surface area (Å²) in [4.78, 5) is 21.7. The van der Waals surface area contributed by atoms with Crippen LogP contribution in [-0.4, -0.2) is 18.7 Å². The molecule has 0 heterocycles. The van der Waals surface area contributed by atoms with Crippen LogP contribution in [0.3, 0.4) is 0 Å². The van der Waals surface area contributed by atoms with Crippen molar-refractivity contribution in [1.82, 2.24) is 0 Å². The van der Waals surface area contributed by atoms with Crippen LogP contribution in [0.4, 0.5) is 4.79 Å². The predicted octanol–water partition coefficient (Wildman–Crippen LogP) is 2.29. The third-order valence-corrected chi connectivity index (χ3v) is 1.28. The molecule has 0 atom stereocenters. The predicted molar refractivity (Wildman–Crippen MR) is 51.7 cm³/mol. The molecule has 0 bridgehead atoms. The first-order valence-electron chi connectivity index (χ1n) is 4.54. The number of allylic oxidation sites excluding steroid dienone is 1. The minimum atomic E-state index is -0.923. The van der Waals surface area contributed by atoms with Gasteiger partial charge in [-0.3, -0.25) is 4.79 Å². The van der Waals surface area contributed by atoms with Crippen molar-refractivity contribution in [2.75, 3.05) is 6.61 Å². The van der Waals surface area contributed by atoms with Gasteiger partial charge in [0, 0.05) is 6.42 Å². The van der Waals surface area contributed by atoms with E-state index in [1.54, 1.807) is 6.08 Å². The van der Waals surface area contributed by atoms with Gasteiger partial charge in [-0.15, -0.1) is 6.58 Å². The number of esters is 1. The lowest BCUT2D eigenvalue weighted by Crippen LogP contribution is -2.15. The zero-order chi connectivity index (χ0) is 11.0. The van der Waals surface area contributed by atoms with E-state index in [2.05, 4.69) is 16.1 Å². The first-order valence-corrected chi connectivity index (χ1v) is 4.54. The van der Waals surface area contributed by atoms with Gasteiger partial charge in [-0.25, -0.2) is 4.79 Å². The largest absolute Gasteiger partial charge is 0.516 e. The van der Waals surface area contributed by atoms with Crippen LogP contribution < -0.4 is 0 Å². The molecule has 0 radical (unpaired) electrons. The van der Waals surface area contributed by atoms with Gasteiger partial charge in [0.25, 0.3) is 0 Å². The van der Waals surface area contributed by atoms with Gasteiger partial charge in [0.1, 0.15) is 0 Å². The van der Waals surface area contributed by atoms with Gasteiger partial charge < -0.3 is 9.47 Å². The van der Waals surface area contributed by atoms with Crippen LogP contribution in [0.25, 0.3) is 0 Å². The van der Waals surface area contributed by atoms with Gasteiger partial charge in [0.2, 0.25) is 0 Å². The van der Waals surface area contributed by atoms with Crippen molar-refractivity contribution in [2.24, 2.45) is 5.92 Å². The van der Waals surface area contributed by atoms with Gasteiger partial charge >= 0.3 is 12.1 Å². The molecule has 0 unspecified atom stereocenters. The Labute approximate surface area is 83.9 Å². The maximum absolute atomic E-state index is 10.9. The monoisotopic (exact) mass is 200 g/mol. The molecule has 0 aliphatic heterocycles. The lowest BCUT2D eigenvalue weighted by Gasteiger charge is -2.05. The highest BCUT2D eigenvalue weighted by Crippen LogP contribution is 1.98. The minimum absolute atomic E-state index is 0.153. The molecule has 0 aromatic rings. The van der Waals surface area contributed by atoms with Crippen LogP contribution in [0.2, 0.25) is 0 Å².